The number of aromatic nitrogens is 2. The monoisotopic (exact) mass is 334 g/mol. The van der Waals surface area contributed by atoms with Gasteiger partial charge in [-0.25, -0.2) is 0 Å². The number of nitrogens with one attached hydrogen (secondary N) is 1. The molecule has 0 aliphatic carbocycles. The first-order chi connectivity index (χ1) is 11.9. The number of nitrogens with zero attached hydrogens (tertiary/aromatic N) is 2. The van der Waals surface area contributed by atoms with E-state index in [0.29, 0.717) is 11.2 Å². The number of amides is 2. The molecule has 2 aromatic heterocycles. The number of imide groups is 1. The van der Waals surface area contributed by atoms with Crippen molar-refractivity contribution in [2.45, 2.75) is 13.8 Å². The zero-order valence-electron chi connectivity index (χ0n) is 13.6. The molecule has 3 heterocycles. The Morgan fingerprint density at radius 2 is 1.80 bits per heavy atom. The lowest BCUT2D eigenvalue weighted by Crippen LogP contribution is -2.25. The number of aryl methyl sites for hydroxylation is 2. The predicted molar refractivity (Wildman–Crippen MR) is 93.0 cm³/mol. The number of fused-ring (bicyclic) bond motifs is 2. The van der Waals surface area contributed by atoms with Gasteiger partial charge in [-0.15, -0.1) is 0 Å². The molecule has 124 valence electrons. The van der Waals surface area contributed by atoms with Gasteiger partial charge in [0.05, 0.1) is 22.3 Å². The van der Waals surface area contributed by atoms with Gasteiger partial charge in [0.2, 0.25) is 0 Å². The van der Waals surface area contributed by atoms with Crippen LogP contribution in [0.2, 0.25) is 0 Å². The smallest absolute Gasteiger partial charge is 0.262 e. The molecule has 0 spiro atoms. The fourth-order valence-corrected chi connectivity index (χ4v) is 3.21. The van der Waals surface area contributed by atoms with E-state index in [1.165, 1.54) is 4.57 Å². The lowest BCUT2D eigenvalue weighted by Gasteiger charge is -2.16. The molecular weight excluding hydrogens is 320 g/mol. The molecule has 0 unspecified atom stereocenters. The minimum Gasteiger partial charge on any atom is -0.384 e. The molecule has 0 bridgehead atoms. The lowest BCUT2D eigenvalue weighted by atomic mass is 10.1. The number of carbonyl (C=O) groups excluding carboxylic acids is 2. The van der Waals surface area contributed by atoms with Gasteiger partial charge in [0.15, 0.2) is 0 Å². The van der Waals surface area contributed by atoms with Crippen molar-refractivity contribution in [1.29, 1.82) is 0 Å². The van der Waals surface area contributed by atoms with Crippen molar-refractivity contribution in [3.8, 4) is 5.69 Å². The highest BCUT2D eigenvalue weighted by Gasteiger charge is 2.32. The van der Waals surface area contributed by atoms with Crippen LogP contribution >= 0.6 is 0 Å². The van der Waals surface area contributed by atoms with Crippen molar-refractivity contribution in [3.05, 3.63) is 63.1 Å². The van der Waals surface area contributed by atoms with Gasteiger partial charge in [-0.05, 0) is 37.6 Å². The van der Waals surface area contributed by atoms with E-state index in [1.54, 1.807) is 0 Å². The fraction of sp³-hybridized carbons (Fsp3) is 0.111. The second-order valence-corrected chi connectivity index (χ2v) is 6.03. The molecule has 7 heteroatoms. The summed E-state index contributed by atoms with van der Waals surface area (Å²) in [5.41, 5.74) is 8.63. The molecular formula is C18H14N4O3. The van der Waals surface area contributed by atoms with Crippen LogP contribution in [-0.4, -0.2) is 21.4 Å². The van der Waals surface area contributed by atoms with E-state index in [-0.39, 0.29) is 16.9 Å². The van der Waals surface area contributed by atoms with Crippen molar-refractivity contribution in [2.75, 3.05) is 5.73 Å². The zero-order chi connectivity index (χ0) is 17.9. The maximum atomic E-state index is 12.7. The zero-order valence-corrected chi connectivity index (χ0v) is 13.6. The summed E-state index contributed by atoms with van der Waals surface area (Å²) in [7, 11) is 0. The second-order valence-electron chi connectivity index (χ2n) is 6.03. The van der Waals surface area contributed by atoms with Crippen LogP contribution in [0.3, 0.4) is 0 Å². The molecule has 1 aliphatic heterocycles. The van der Waals surface area contributed by atoms with Crippen LogP contribution in [-0.2, 0) is 0 Å². The van der Waals surface area contributed by atoms with Gasteiger partial charge in [-0.2, -0.15) is 0 Å². The Labute approximate surface area is 142 Å². The maximum absolute atomic E-state index is 12.7. The molecule has 4 rings (SSSR count). The standard InChI is InChI=1S/C18H14N4O3/c1-8-3-6-12-10(5-4-9(2)20-12)15(8)22-13(23)7-11-14(16(22)19)18(25)21-17(11)24/h3-7H,19H2,1-2H3,(H,21,24,25). The van der Waals surface area contributed by atoms with Crippen LogP contribution in [0.4, 0.5) is 5.82 Å². The number of carbonyl (C=O) groups is 2. The number of anilines is 1. The summed E-state index contributed by atoms with van der Waals surface area (Å²) in [6.45, 7) is 3.73. The summed E-state index contributed by atoms with van der Waals surface area (Å²) in [5, 5.41) is 2.91. The van der Waals surface area contributed by atoms with Crippen LogP contribution in [0, 0.1) is 13.8 Å². The van der Waals surface area contributed by atoms with Gasteiger partial charge in [0.25, 0.3) is 17.4 Å². The SMILES string of the molecule is Cc1ccc2c(-n3c(N)c4c(cc3=O)C(=O)NC4=O)c(C)ccc2n1. The maximum Gasteiger partial charge on any atom is 0.262 e. The molecule has 0 saturated carbocycles. The van der Waals surface area contributed by atoms with Gasteiger partial charge >= 0.3 is 0 Å². The Morgan fingerprint density at radius 3 is 2.56 bits per heavy atom. The predicted octanol–water partition coefficient (Wildman–Crippen LogP) is 1.47. The summed E-state index contributed by atoms with van der Waals surface area (Å²) in [6.07, 6.45) is 0. The van der Waals surface area contributed by atoms with E-state index in [2.05, 4.69) is 10.3 Å². The number of hydrogen-bond donors (Lipinski definition) is 2. The van der Waals surface area contributed by atoms with Crippen molar-refractivity contribution >= 4 is 28.5 Å². The van der Waals surface area contributed by atoms with Crippen LogP contribution in [0.5, 0.6) is 0 Å². The third-order valence-electron chi connectivity index (χ3n) is 4.36. The van der Waals surface area contributed by atoms with Gasteiger partial charge in [-0.3, -0.25) is 29.3 Å². The number of nitrogen functional groups attached to an aromatic ring is 1. The number of nitrogens with two attached hydrogens (primary N) is 1. The van der Waals surface area contributed by atoms with E-state index in [0.717, 1.165) is 22.7 Å². The highest BCUT2D eigenvalue weighted by atomic mass is 16.2. The Morgan fingerprint density at radius 1 is 1.04 bits per heavy atom. The number of rotatable bonds is 1. The van der Waals surface area contributed by atoms with Crippen LogP contribution in [0.15, 0.2) is 35.1 Å². The van der Waals surface area contributed by atoms with Crippen LogP contribution < -0.4 is 16.6 Å². The first-order valence-corrected chi connectivity index (χ1v) is 7.67. The first-order valence-electron chi connectivity index (χ1n) is 7.67. The van der Waals surface area contributed by atoms with E-state index in [4.69, 9.17) is 5.73 Å². The summed E-state index contributed by atoms with van der Waals surface area (Å²) in [4.78, 5) is 41.0. The molecule has 0 fully saturated rings. The minimum atomic E-state index is -0.608. The van der Waals surface area contributed by atoms with Crippen molar-refractivity contribution in [3.63, 3.8) is 0 Å². The lowest BCUT2D eigenvalue weighted by molar-refractivity contribution is 0.0880. The number of pyridine rings is 2. The first kappa shape index (κ1) is 15.1. The normalized spacial score (nSPS) is 13.2. The summed E-state index contributed by atoms with van der Waals surface area (Å²) in [6, 6.07) is 8.56. The van der Waals surface area contributed by atoms with Crippen molar-refractivity contribution < 1.29 is 9.59 Å². The van der Waals surface area contributed by atoms with Gasteiger partial charge in [-0.1, -0.05) is 6.07 Å². The summed E-state index contributed by atoms with van der Waals surface area (Å²) >= 11 is 0. The van der Waals surface area contributed by atoms with E-state index >= 15 is 0 Å². The molecule has 3 N–H and O–H groups in total. The van der Waals surface area contributed by atoms with Gasteiger partial charge < -0.3 is 5.73 Å². The van der Waals surface area contributed by atoms with E-state index in [1.807, 2.05) is 38.1 Å². The molecule has 0 radical (unpaired) electrons. The van der Waals surface area contributed by atoms with Crippen LogP contribution in [0.25, 0.3) is 16.6 Å². The van der Waals surface area contributed by atoms with E-state index in [9.17, 15) is 14.4 Å². The van der Waals surface area contributed by atoms with Crippen LogP contribution in [0.1, 0.15) is 32.0 Å². The molecule has 25 heavy (non-hydrogen) atoms. The van der Waals surface area contributed by atoms with Crippen molar-refractivity contribution in [2.24, 2.45) is 0 Å². The second kappa shape index (κ2) is 5.01. The van der Waals surface area contributed by atoms with Gasteiger partial charge in [0, 0.05) is 17.1 Å². The summed E-state index contributed by atoms with van der Waals surface area (Å²) < 4.78 is 1.27. The molecule has 0 saturated heterocycles. The average Bonchev–Trinajstić information content (AvgIpc) is 2.83. The molecule has 2 amide bonds. The topological polar surface area (TPSA) is 107 Å². The highest BCUT2D eigenvalue weighted by molar-refractivity contribution is 6.23. The Kier molecular flexibility index (Phi) is 3.02. The third-order valence-corrected chi connectivity index (χ3v) is 4.36. The third kappa shape index (κ3) is 2.06. The number of hydrogen-bond acceptors (Lipinski definition) is 5. The van der Waals surface area contributed by atoms with Gasteiger partial charge in [0.1, 0.15) is 5.82 Å². The minimum absolute atomic E-state index is 0.00982. The Balaban J connectivity index is 2.14. The molecule has 3 aromatic rings. The highest BCUT2D eigenvalue weighted by Crippen LogP contribution is 2.29. The Bertz CT molecular complexity index is 1160. The number of benzene rings is 1. The molecule has 0 atom stereocenters. The van der Waals surface area contributed by atoms with Crippen molar-refractivity contribution in [1.82, 2.24) is 14.9 Å². The van der Waals surface area contributed by atoms with E-state index < -0.39 is 17.4 Å². The quantitative estimate of drug-likeness (QED) is 0.655. The molecule has 7 nitrogen and oxygen atoms in total. The Hall–Kier alpha value is -3.48. The fourth-order valence-electron chi connectivity index (χ4n) is 3.21. The average molecular weight is 334 g/mol. The largest absolute Gasteiger partial charge is 0.384 e. The molecule has 1 aromatic carbocycles. The molecule has 1 aliphatic rings. The summed E-state index contributed by atoms with van der Waals surface area (Å²) in [5.74, 6) is -1.26.